The van der Waals surface area contributed by atoms with Crippen LogP contribution in [0.15, 0.2) is 24.3 Å². The minimum Gasteiger partial charge on any atom is -0.422 e. The second kappa shape index (κ2) is 7.27. The first kappa shape index (κ1) is 23.2. The van der Waals surface area contributed by atoms with Crippen molar-refractivity contribution in [2.75, 3.05) is 0 Å². The summed E-state index contributed by atoms with van der Waals surface area (Å²) >= 11 is 0. The fourth-order valence-electron chi connectivity index (χ4n) is 1.27. The van der Waals surface area contributed by atoms with Gasteiger partial charge in [-0.3, -0.25) is 0 Å². The van der Waals surface area contributed by atoms with Crippen molar-refractivity contribution in [3.8, 4) is 5.75 Å². The van der Waals surface area contributed by atoms with Gasteiger partial charge in [-0.05, 0) is 24.3 Å². The van der Waals surface area contributed by atoms with Crippen molar-refractivity contribution in [1.29, 1.82) is 0 Å². The molecular weight excluding hydrogens is 426 g/mol. The Morgan fingerprint density at radius 3 is 1.43 bits per heavy atom. The molecule has 0 atom stereocenters. The monoisotopic (exact) mass is 430 g/mol. The summed E-state index contributed by atoms with van der Waals surface area (Å²) in [6.45, 7) is 0. The molecule has 0 aliphatic rings. The summed E-state index contributed by atoms with van der Waals surface area (Å²) in [5.74, 6) is -21.2. The molecule has 0 radical (unpaired) electrons. The van der Waals surface area contributed by atoms with Crippen molar-refractivity contribution in [1.82, 2.24) is 0 Å². The van der Waals surface area contributed by atoms with Gasteiger partial charge in [0.05, 0.1) is 5.56 Å². The Bertz CT molecular complexity index is 763. The number of hydrogen-bond donors (Lipinski definition) is 0. The van der Waals surface area contributed by atoms with Crippen LogP contribution in [-0.4, -0.2) is 42.1 Å². The summed E-state index contributed by atoms with van der Waals surface area (Å²) in [5, 5.41) is 0. The lowest BCUT2D eigenvalue weighted by molar-refractivity contribution is -0.277. The molecule has 1 aromatic rings. The van der Waals surface area contributed by atoms with E-state index in [2.05, 4.69) is 9.47 Å². The van der Waals surface area contributed by atoms with E-state index in [0.29, 0.717) is 24.3 Å². The Kier molecular flexibility index (Phi) is 6.02. The first-order valence-electron chi connectivity index (χ1n) is 6.39. The topological polar surface area (TPSA) is 69.7 Å². The zero-order chi connectivity index (χ0) is 22.1. The third-order valence-corrected chi connectivity index (χ3v) is 2.71. The summed E-state index contributed by atoms with van der Waals surface area (Å²) in [6, 6.07) is 1.67. The van der Waals surface area contributed by atoms with Crippen molar-refractivity contribution < 1.29 is 67.8 Å². The molecule has 0 saturated carbocycles. The molecule has 0 spiro atoms. The molecule has 15 heteroatoms. The van der Waals surface area contributed by atoms with E-state index < -0.39 is 53.4 Å². The molecule has 0 heterocycles. The van der Waals surface area contributed by atoms with E-state index in [1.165, 1.54) is 0 Å². The Balaban J connectivity index is 2.87. The number of carbonyl (C=O) groups is 3. The van der Waals surface area contributed by atoms with Crippen molar-refractivity contribution in [3.05, 3.63) is 29.8 Å². The van der Waals surface area contributed by atoms with Crippen LogP contribution in [0.25, 0.3) is 0 Å². The van der Waals surface area contributed by atoms with E-state index in [9.17, 15) is 58.3 Å². The molecule has 0 bridgehead atoms. The fourth-order valence-corrected chi connectivity index (χ4v) is 1.27. The molecule has 0 unspecified atom stereocenters. The normalized spacial score (nSPS) is 13.1. The van der Waals surface area contributed by atoms with Crippen molar-refractivity contribution >= 4 is 17.9 Å². The van der Waals surface area contributed by atoms with Gasteiger partial charge in [0.25, 0.3) is 0 Å². The van der Waals surface area contributed by atoms with Crippen molar-refractivity contribution in [2.24, 2.45) is 0 Å². The Morgan fingerprint density at radius 2 is 1.04 bits per heavy atom. The number of esters is 3. The zero-order valence-electron chi connectivity index (χ0n) is 12.6. The number of rotatable bonds is 4. The number of alkyl halides is 10. The van der Waals surface area contributed by atoms with Crippen LogP contribution in [0.1, 0.15) is 10.4 Å². The summed E-state index contributed by atoms with van der Waals surface area (Å²) in [5.41, 5.74) is -0.895. The quantitative estimate of drug-likeness (QED) is 0.316. The van der Waals surface area contributed by atoms with Gasteiger partial charge in [-0.15, -0.1) is 0 Å². The van der Waals surface area contributed by atoms with Gasteiger partial charge in [0.2, 0.25) is 0 Å². The molecule has 1 aromatic carbocycles. The summed E-state index contributed by atoms with van der Waals surface area (Å²) in [7, 11) is 0. The van der Waals surface area contributed by atoms with Crippen molar-refractivity contribution in [2.45, 2.75) is 24.2 Å². The van der Waals surface area contributed by atoms with Gasteiger partial charge in [-0.1, -0.05) is 0 Å². The number of carbonyl (C=O) groups excluding carboxylic acids is 3. The van der Waals surface area contributed by atoms with E-state index in [1.54, 1.807) is 0 Å². The minimum absolute atomic E-state index is 0.410. The van der Waals surface area contributed by atoms with E-state index in [1.807, 2.05) is 0 Å². The van der Waals surface area contributed by atoms with Crippen LogP contribution in [-0.2, 0) is 14.3 Å². The first-order valence-corrected chi connectivity index (χ1v) is 6.39. The van der Waals surface area contributed by atoms with Crippen LogP contribution >= 0.6 is 0 Å². The molecule has 0 amide bonds. The van der Waals surface area contributed by atoms with E-state index in [-0.39, 0.29) is 0 Å². The second-order valence-electron chi connectivity index (χ2n) is 4.74. The minimum atomic E-state index is -6.36. The molecule has 0 aliphatic carbocycles. The van der Waals surface area contributed by atoms with Gasteiger partial charge < -0.3 is 9.47 Å². The highest BCUT2D eigenvalue weighted by molar-refractivity contribution is 5.99. The van der Waals surface area contributed by atoms with Crippen LogP contribution in [0.2, 0.25) is 0 Å². The molecule has 0 aliphatic heterocycles. The molecular formula is C13H4F10O5. The third kappa shape index (κ3) is 4.69. The number of halogens is 10. The Labute approximate surface area is 146 Å². The average Bonchev–Trinajstić information content (AvgIpc) is 2.53. The fraction of sp³-hybridized carbons (Fsp3) is 0.308. The third-order valence-electron chi connectivity index (χ3n) is 2.71. The highest BCUT2D eigenvalue weighted by atomic mass is 19.4. The first-order chi connectivity index (χ1) is 12.4. The van der Waals surface area contributed by atoms with Crippen LogP contribution in [0, 0.1) is 0 Å². The lowest BCUT2D eigenvalue weighted by Crippen LogP contribution is -2.46. The van der Waals surface area contributed by atoms with Gasteiger partial charge in [0.15, 0.2) is 0 Å². The van der Waals surface area contributed by atoms with Gasteiger partial charge in [0.1, 0.15) is 5.75 Å². The number of ether oxygens (including phenoxy) is 2. The van der Waals surface area contributed by atoms with Crippen molar-refractivity contribution in [3.63, 3.8) is 0 Å². The molecule has 0 aromatic heterocycles. The van der Waals surface area contributed by atoms with E-state index in [0.717, 1.165) is 0 Å². The van der Waals surface area contributed by atoms with E-state index >= 15 is 0 Å². The lowest BCUT2D eigenvalue weighted by atomic mass is 10.2. The Hall–Kier alpha value is -2.87. The van der Waals surface area contributed by atoms with Gasteiger partial charge in [-0.25, -0.2) is 14.4 Å². The molecule has 5 nitrogen and oxygen atoms in total. The van der Waals surface area contributed by atoms with Crippen LogP contribution < -0.4 is 4.74 Å². The average molecular weight is 430 g/mol. The summed E-state index contributed by atoms with van der Waals surface area (Å²) < 4.78 is 129. The summed E-state index contributed by atoms with van der Waals surface area (Å²) in [6.07, 6.45) is -12.6. The van der Waals surface area contributed by atoms with Gasteiger partial charge in [-0.2, -0.15) is 43.9 Å². The Morgan fingerprint density at radius 1 is 0.643 bits per heavy atom. The van der Waals surface area contributed by atoms with Crippen LogP contribution in [0.4, 0.5) is 43.9 Å². The molecule has 156 valence electrons. The smallest absolute Gasteiger partial charge is 0.422 e. The highest BCUT2D eigenvalue weighted by Crippen LogP contribution is 2.37. The predicted molar refractivity (Wildman–Crippen MR) is 64.5 cm³/mol. The molecule has 0 saturated heterocycles. The number of benzene rings is 1. The molecule has 28 heavy (non-hydrogen) atoms. The molecule has 1 rings (SSSR count). The predicted octanol–water partition coefficient (Wildman–Crippen LogP) is 3.67. The largest absolute Gasteiger partial charge is 0.465 e. The van der Waals surface area contributed by atoms with Crippen LogP contribution in [0.5, 0.6) is 5.75 Å². The lowest BCUT2D eigenvalue weighted by Gasteiger charge is -2.17. The SMILES string of the molecule is O=C(OC(=O)C(F)(F)C(F)(F)F)c1ccc(OC(=O)C(F)(F)C(F)(F)F)cc1. The molecule has 0 N–H and O–H groups in total. The van der Waals surface area contributed by atoms with Crippen LogP contribution in [0.3, 0.4) is 0 Å². The van der Waals surface area contributed by atoms with Gasteiger partial charge >= 0.3 is 42.1 Å². The zero-order valence-corrected chi connectivity index (χ0v) is 12.6. The van der Waals surface area contributed by atoms with Gasteiger partial charge in [0, 0.05) is 0 Å². The maximum Gasteiger partial charge on any atom is 0.465 e. The molecule has 0 fully saturated rings. The second-order valence-corrected chi connectivity index (χ2v) is 4.74. The maximum atomic E-state index is 12.7. The van der Waals surface area contributed by atoms with E-state index in [4.69, 9.17) is 0 Å². The standard InChI is InChI=1S/C13H4F10O5/c14-10(15,12(18,19)20)8(25)27-6-3-1-5(2-4-6)7(24)28-9(26)11(16,17)13(21,22)23/h1-4H. The maximum absolute atomic E-state index is 12.7. The highest BCUT2D eigenvalue weighted by Gasteiger charge is 2.66. The number of hydrogen-bond acceptors (Lipinski definition) is 5. The summed E-state index contributed by atoms with van der Waals surface area (Å²) in [4.78, 5) is 32.9.